The molecule has 0 saturated heterocycles. The fourth-order valence-corrected chi connectivity index (χ4v) is 2.13. The lowest BCUT2D eigenvalue weighted by Gasteiger charge is -2.12. The van der Waals surface area contributed by atoms with Gasteiger partial charge in [-0.3, -0.25) is 9.59 Å². The number of hydrogen-bond acceptors (Lipinski definition) is 3. The number of nitrogens with one attached hydrogen (secondary N) is 2. The summed E-state index contributed by atoms with van der Waals surface area (Å²) >= 11 is 6.02. The van der Waals surface area contributed by atoms with Gasteiger partial charge < -0.3 is 15.0 Å². The average Bonchev–Trinajstić information content (AvgIpc) is 2.42. The summed E-state index contributed by atoms with van der Waals surface area (Å²) in [5, 5.41) is 3.23. The molecule has 2 N–H and O–H groups in total. The maximum atomic E-state index is 12.3. The summed E-state index contributed by atoms with van der Waals surface area (Å²) in [6.45, 7) is 3.52. The second-order valence-electron chi connectivity index (χ2n) is 4.62. The number of rotatable bonds is 3. The van der Waals surface area contributed by atoms with E-state index < -0.39 is 11.5 Å². The van der Waals surface area contributed by atoms with Crippen molar-refractivity contribution in [3.05, 3.63) is 56.5 Å². The van der Waals surface area contributed by atoms with E-state index >= 15 is 0 Å². The van der Waals surface area contributed by atoms with E-state index in [1.54, 1.807) is 25.1 Å². The fraction of sp³-hybridized carbons (Fsp3) is 0.200. The minimum absolute atomic E-state index is 0.0761. The molecule has 2 aromatic rings. The lowest BCUT2D eigenvalue weighted by Crippen LogP contribution is -2.24. The number of aromatic nitrogens is 1. The molecule has 0 aliphatic heterocycles. The molecule has 6 heteroatoms. The molecule has 2 rings (SSSR count). The van der Waals surface area contributed by atoms with Crippen molar-refractivity contribution in [1.29, 1.82) is 0 Å². The molecule has 0 aliphatic rings. The van der Waals surface area contributed by atoms with Crippen molar-refractivity contribution in [2.75, 3.05) is 12.4 Å². The number of carbonyl (C=O) groups excluding carboxylic acids is 1. The van der Waals surface area contributed by atoms with Crippen LogP contribution in [0.3, 0.4) is 0 Å². The van der Waals surface area contributed by atoms with Gasteiger partial charge >= 0.3 is 0 Å². The largest absolute Gasteiger partial charge is 0.495 e. The average molecular weight is 307 g/mol. The summed E-state index contributed by atoms with van der Waals surface area (Å²) in [7, 11) is 1.48. The number of H-pyrrole nitrogens is 1. The van der Waals surface area contributed by atoms with Crippen LogP contribution in [0.1, 0.15) is 21.5 Å². The highest BCUT2D eigenvalue weighted by Crippen LogP contribution is 2.31. The van der Waals surface area contributed by atoms with Gasteiger partial charge in [-0.25, -0.2) is 0 Å². The number of carbonyl (C=O) groups is 1. The lowest BCUT2D eigenvalue weighted by atomic mass is 10.1. The van der Waals surface area contributed by atoms with Crippen LogP contribution in [0.4, 0.5) is 5.69 Å². The molecule has 1 aromatic carbocycles. The normalized spacial score (nSPS) is 10.3. The molecule has 21 heavy (non-hydrogen) atoms. The number of halogens is 1. The molecule has 110 valence electrons. The third-order valence-electron chi connectivity index (χ3n) is 3.13. The number of amides is 1. The number of benzene rings is 1. The SMILES string of the molecule is COc1cc(Cl)c(C)cc1NC(=O)c1c(C)cc[nH]c1=O. The molecular formula is C15H15ClN2O3. The van der Waals surface area contributed by atoms with Crippen LogP contribution < -0.4 is 15.6 Å². The molecule has 5 nitrogen and oxygen atoms in total. The first kappa shape index (κ1) is 15.1. The van der Waals surface area contributed by atoms with Gasteiger partial charge in [-0.05, 0) is 37.1 Å². The Kier molecular flexibility index (Phi) is 4.33. The standard InChI is InChI=1S/C15H15ClN2O3/c1-8-4-5-17-14(19)13(8)15(20)18-11-6-9(2)10(16)7-12(11)21-3/h4-7H,1-3H3,(H,17,19)(H,18,20). The summed E-state index contributed by atoms with van der Waals surface area (Å²) in [5.41, 5.74) is 1.50. The molecule has 0 unspecified atom stereocenters. The highest BCUT2D eigenvalue weighted by molar-refractivity contribution is 6.31. The number of aromatic amines is 1. The second kappa shape index (κ2) is 6.01. The van der Waals surface area contributed by atoms with Gasteiger partial charge in [0, 0.05) is 17.3 Å². The highest BCUT2D eigenvalue weighted by Gasteiger charge is 2.16. The van der Waals surface area contributed by atoms with E-state index in [0.717, 1.165) is 5.56 Å². The van der Waals surface area contributed by atoms with Gasteiger partial charge in [0.25, 0.3) is 11.5 Å². The number of aryl methyl sites for hydroxylation is 2. The fourth-order valence-electron chi connectivity index (χ4n) is 1.97. The van der Waals surface area contributed by atoms with Crippen LogP contribution in [0.5, 0.6) is 5.75 Å². The molecule has 0 aliphatic carbocycles. The minimum Gasteiger partial charge on any atom is -0.495 e. The van der Waals surface area contributed by atoms with Gasteiger partial charge in [0.05, 0.1) is 12.8 Å². The predicted molar refractivity (Wildman–Crippen MR) is 82.5 cm³/mol. The molecule has 0 saturated carbocycles. The number of pyridine rings is 1. The maximum absolute atomic E-state index is 12.3. The van der Waals surface area contributed by atoms with Gasteiger partial charge in [-0.1, -0.05) is 11.6 Å². The Morgan fingerprint density at radius 2 is 2.00 bits per heavy atom. The number of ether oxygens (including phenoxy) is 1. The highest BCUT2D eigenvalue weighted by atomic mass is 35.5. The molecule has 0 fully saturated rings. The van der Waals surface area contributed by atoms with Crippen LogP contribution in [0, 0.1) is 13.8 Å². The van der Waals surface area contributed by atoms with Crippen LogP contribution in [-0.2, 0) is 0 Å². The monoisotopic (exact) mass is 306 g/mol. The van der Waals surface area contributed by atoms with Crippen LogP contribution in [0.2, 0.25) is 5.02 Å². The first-order chi connectivity index (χ1) is 9.93. The Labute approximate surface area is 126 Å². The Morgan fingerprint density at radius 1 is 1.29 bits per heavy atom. The predicted octanol–water partition coefficient (Wildman–Crippen LogP) is 2.91. The number of hydrogen-bond donors (Lipinski definition) is 2. The van der Waals surface area contributed by atoms with Crippen LogP contribution >= 0.6 is 11.6 Å². The summed E-state index contributed by atoms with van der Waals surface area (Å²) < 4.78 is 5.19. The van der Waals surface area contributed by atoms with Crippen LogP contribution in [0.15, 0.2) is 29.2 Å². The maximum Gasteiger partial charge on any atom is 0.261 e. The van der Waals surface area contributed by atoms with Gasteiger partial charge in [0.2, 0.25) is 0 Å². The zero-order chi connectivity index (χ0) is 15.6. The summed E-state index contributed by atoms with van der Waals surface area (Å²) in [4.78, 5) is 26.6. The summed E-state index contributed by atoms with van der Waals surface area (Å²) in [6, 6.07) is 4.99. The van der Waals surface area contributed by atoms with Crippen molar-refractivity contribution in [2.45, 2.75) is 13.8 Å². The molecule has 1 heterocycles. The van der Waals surface area contributed by atoms with Gasteiger partial charge in [-0.15, -0.1) is 0 Å². The molecular weight excluding hydrogens is 292 g/mol. The first-order valence-corrected chi connectivity index (χ1v) is 6.65. The Morgan fingerprint density at radius 3 is 2.62 bits per heavy atom. The Bertz CT molecular complexity index is 753. The third-order valence-corrected chi connectivity index (χ3v) is 3.53. The van der Waals surface area contributed by atoms with E-state index in [1.165, 1.54) is 13.3 Å². The van der Waals surface area contributed by atoms with Gasteiger partial charge in [0.1, 0.15) is 11.3 Å². The minimum atomic E-state index is -0.491. The molecule has 1 aromatic heterocycles. The molecule has 0 atom stereocenters. The van der Waals surface area contributed by atoms with Crippen molar-refractivity contribution >= 4 is 23.2 Å². The Balaban J connectivity index is 2.41. The lowest BCUT2D eigenvalue weighted by molar-refractivity contribution is 0.102. The van der Waals surface area contributed by atoms with Crippen LogP contribution in [0.25, 0.3) is 0 Å². The van der Waals surface area contributed by atoms with E-state index in [2.05, 4.69) is 10.3 Å². The van der Waals surface area contributed by atoms with Crippen molar-refractivity contribution in [3.63, 3.8) is 0 Å². The molecule has 0 spiro atoms. The Hall–Kier alpha value is -2.27. The summed E-state index contributed by atoms with van der Waals surface area (Å²) in [5.74, 6) is -0.0571. The second-order valence-corrected chi connectivity index (χ2v) is 5.03. The van der Waals surface area contributed by atoms with E-state index in [-0.39, 0.29) is 5.56 Å². The first-order valence-electron chi connectivity index (χ1n) is 6.27. The van der Waals surface area contributed by atoms with Crippen molar-refractivity contribution in [1.82, 2.24) is 4.98 Å². The van der Waals surface area contributed by atoms with E-state index in [0.29, 0.717) is 22.0 Å². The smallest absolute Gasteiger partial charge is 0.261 e. The van der Waals surface area contributed by atoms with E-state index in [4.69, 9.17) is 16.3 Å². The van der Waals surface area contributed by atoms with Crippen molar-refractivity contribution in [2.24, 2.45) is 0 Å². The zero-order valence-electron chi connectivity index (χ0n) is 11.9. The van der Waals surface area contributed by atoms with Gasteiger partial charge in [-0.2, -0.15) is 0 Å². The third kappa shape index (κ3) is 3.08. The quantitative estimate of drug-likeness (QED) is 0.916. The number of methoxy groups -OCH3 is 1. The van der Waals surface area contributed by atoms with Gasteiger partial charge in [0.15, 0.2) is 0 Å². The molecule has 1 amide bonds. The number of anilines is 1. The van der Waals surface area contributed by atoms with Crippen LogP contribution in [-0.4, -0.2) is 18.0 Å². The topological polar surface area (TPSA) is 71.2 Å². The van der Waals surface area contributed by atoms with Crippen molar-refractivity contribution < 1.29 is 9.53 Å². The van der Waals surface area contributed by atoms with Crippen molar-refractivity contribution in [3.8, 4) is 5.75 Å². The zero-order valence-corrected chi connectivity index (χ0v) is 12.7. The molecule has 0 radical (unpaired) electrons. The van der Waals surface area contributed by atoms with E-state index in [1.807, 2.05) is 6.92 Å². The van der Waals surface area contributed by atoms with E-state index in [9.17, 15) is 9.59 Å². The summed E-state index contributed by atoms with van der Waals surface area (Å²) in [6.07, 6.45) is 1.50. The molecule has 0 bridgehead atoms.